The second-order valence-electron chi connectivity index (χ2n) is 5.21. The summed E-state index contributed by atoms with van der Waals surface area (Å²) in [5.74, 6) is -3.10. The fourth-order valence-electron chi connectivity index (χ4n) is 2.32. The predicted molar refractivity (Wildman–Crippen MR) is 78.4 cm³/mol. The Kier molecular flexibility index (Phi) is 5.25. The van der Waals surface area contributed by atoms with E-state index >= 15 is 0 Å². The third-order valence-electron chi connectivity index (χ3n) is 3.62. The molecule has 1 aromatic rings. The average molecular weight is 325 g/mol. The van der Waals surface area contributed by atoms with Crippen LogP contribution in [0.1, 0.15) is 13.3 Å². The van der Waals surface area contributed by atoms with Crippen LogP contribution in [0.5, 0.6) is 0 Å². The van der Waals surface area contributed by atoms with Gasteiger partial charge in [-0.1, -0.05) is 6.07 Å². The fraction of sp³-hybridized carbons (Fsp3) is 0.400. The third-order valence-corrected chi connectivity index (χ3v) is 3.62. The molecule has 0 saturated carbocycles. The molecule has 1 N–H and O–H groups in total. The summed E-state index contributed by atoms with van der Waals surface area (Å²) in [5, 5.41) is 2.07. The number of rotatable bonds is 3. The summed E-state index contributed by atoms with van der Waals surface area (Å²) in [7, 11) is 0. The number of anilines is 1. The Morgan fingerprint density at radius 3 is 2.09 bits per heavy atom. The highest BCUT2D eigenvalue weighted by Crippen LogP contribution is 2.18. The maximum absolute atomic E-state index is 13.4. The zero-order chi connectivity index (χ0) is 17.0. The van der Waals surface area contributed by atoms with E-state index in [1.165, 1.54) is 17.9 Å². The van der Waals surface area contributed by atoms with Crippen LogP contribution in [0.25, 0.3) is 0 Å². The van der Waals surface area contributed by atoms with Gasteiger partial charge in [-0.05, 0) is 12.1 Å². The van der Waals surface area contributed by atoms with Crippen molar-refractivity contribution in [3.05, 3.63) is 29.8 Å². The largest absolute Gasteiger partial charge is 0.339 e. The lowest BCUT2D eigenvalue weighted by Gasteiger charge is -2.34. The summed E-state index contributed by atoms with van der Waals surface area (Å²) in [6.07, 6.45) is -0.506. The van der Waals surface area contributed by atoms with Gasteiger partial charge in [-0.25, -0.2) is 8.78 Å². The summed E-state index contributed by atoms with van der Waals surface area (Å²) < 4.78 is 26.9. The molecule has 0 radical (unpaired) electrons. The SMILES string of the molecule is CC(=O)N1CCN(C(=O)CC(=O)Nc2c(F)cccc2F)CC1. The van der Waals surface area contributed by atoms with E-state index in [9.17, 15) is 23.2 Å². The summed E-state index contributed by atoms with van der Waals surface area (Å²) in [6.45, 7) is 2.93. The quantitative estimate of drug-likeness (QED) is 0.843. The lowest BCUT2D eigenvalue weighted by atomic mass is 10.2. The van der Waals surface area contributed by atoms with Gasteiger partial charge in [0.25, 0.3) is 0 Å². The predicted octanol–water partition coefficient (Wildman–Crippen LogP) is 0.984. The van der Waals surface area contributed by atoms with Crippen molar-refractivity contribution in [2.24, 2.45) is 0 Å². The van der Waals surface area contributed by atoms with Crippen molar-refractivity contribution in [1.29, 1.82) is 0 Å². The summed E-state index contributed by atoms with van der Waals surface area (Å²) in [5.41, 5.74) is -0.563. The second kappa shape index (κ2) is 7.17. The number of hydrogen-bond donors (Lipinski definition) is 1. The number of para-hydroxylation sites is 1. The zero-order valence-corrected chi connectivity index (χ0v) is 12.6. The molecule has 23 heavy (non-hydrogen) atoms. The van der Waals surface area contributed by atoms with Gasteiger partial charge in [0.1, 0.15) is 23.7 Å². The highest BCUT2D eigenvalue weighted by Gasteiger charge is 2.24. The molecule has 0 aromatic heterocycles. The van der Waals surface area contributed by atoms with Gasteiger partial charge in [0.2, 0.25) is 17.7 Å². The Bertz CT molecular complexity index is 608. The number of nitrogens with zero attached hydrogens (tertiary/aromatic N) is 2. The summed E-state index contributed by atoms with van der Waals surface area (Å²) in [4.78, 5) is 38.1. The van der Waals surface area contributed by atoms with Crippen LogP contribution in [0.2, 0.25) is 0 Å². The first-order valence-electron chi connectivity index (χ1n) is 7.15. The topological polar surface area (TPSA) is 69.7 Å². The van der Waals surface area contributed by atoms with Gasteiger partial charge in [-0.15, -0.1) is 0 Å². The maximum atomic E-state index is 13.4. The number of carbonyl (C=O) groups excluding carboxylic acids is 3. The lowest BCUT2D eigenvalue weighted by Crippen LogP contribution is -2.50. The van der Waals surface area contributed by atoms with E-state index < -0.39 is 35.6 Å². The van der Waals surface area contributed by atoms with Crippen LogP contribution in [-0.2, 0) is 14.4 Å². The Morgan fingerprint density at radius 1 is 1.04 bits per heavy atom. The van der Waals surface area contributed by atoms with E-state index in [0.29, 0.717) is 26.2 Å². The van der Waals surface area contributed by atoms with E-state index in [2.05, 4.69) is 5.32 Å². The van der Waals surface area contributed by atoms with Crippen LogP contribution in [0.3, 0.4) is 0 Å². The molecular weight excluding hydrogens is 308 g/mol. The smallest absolute Gasteiger partial charge is 0.233 e. The van der Waals surface area contributed by atoms with Crippen molar-refractivity contribution in [1.82, 2.24) is 9.80 Å². The van der Waals surface area contributed by atoms with Gasteiger partial charge in [-0.3, -0.25) is 14.4 Å². The summed E-state index contributed by atoms with van der Waals surface area (Å²) >= 11 is 0. The van der Waals surface area contributed by atoms with Gasteiger partial charge in [0, 0.05) is 33.1 Å². The lowest BCUT2D eigenvalue weighted by molar-refractivity contribution is -0.140. The van der Waals surface area contributed by atoms with Gasteiger partial charge in [-0.2, -0.15) is 0 Å². The number of benzene rings is 1. The van der Waals surface area contributed by atoms with E-state index in [1.54, 1.807) is 4.90 Å². The molecule has 1 aliphatic heterocycles. The first kappa shape index (κ1) is 16.9. The molecule has 6 nitrogen and oxygen atoms in total. The fourth-order valence-corrected chi connectivity index (χ4v) is 2.32. The first-order chi connectivity index (χ1) is 10.9. The molecule has 1 heterocycles. The average Bonchev–Trinajstić information content (AvgIpc) is 2.51. The minimum Gasteiger partial charge on any atom is -0.339 e. The standard InChI is InChI=1S/C15H17F2N3O3/c1-10(21)19-5-7-20(8-6-19)14(23)9-13(22)18-15-11(16)3-2-4-12(15)17/h2-4H,5-9H2,1H3,(H,18,22). The Balaban J connectivity index is 1.88. The monoisotopic (exact) mass is 325 g/mol. The number of hydrogen-bond acceptors (Lipinski definition) is 3. The van der Waals surface area contributed by atoms with Crippen molar-refractivity contribution in [3.8, 4) is 0 Å². The van der Waals surface area contributed by atoms with Crippen molar-refractivity contribution in [2.75, 3.05) is 31.5 Å². The minimum atomic E-state index is -0.902. The van der Waals surface area contributed by atoms with Crippen molar-refractivity contribution in [3.63, 3.8) is 0 Å². The highest BCUT2D eigenvalue weighted by molar-refractivity contribution is 6.03. The van der Waals surface area contributed by atoms with E-state index in [1.807, 2.05) is 0 Å². The Hall–Kier alpha value is -2.51. The molecule has 3 amide bonds. The molecule has 1 aliphatic rings. The number of halogens is 2. The Labute approximate surface area is 132 Å². The van der Waals surface area contributed by atoms with Crippen molar-refractivity contribution >= 4 is 23.4 Å². The number of carbonyl (C=O) groups is 3. The molecule has 0 bridgehead atoms. The van der Waals surface area contributed by atoms with Crippen LogP contribution in [-0.4, -0.2) is 53.7 Å². The Morgan fingerprint density at radius 2 is 1.57 bits per heavy atom. The number of piperazine rings is 1. The molecule has 124 valence electrons. The van der Waals surface area contributed by atoms with E-state index in [0.717, 1.165) is 12.1 Å². The van der Waals surface area contributed by atoms with Crippen LogP contribution in [0, 0.1) is 11.6 Å². The molecule has 0 unspecified atom stereocenters. The molecule has 0 aliphatic carbocycles. The molecule has 1 aromatic carbocycles. The second-order valence-corrected chi connectivity index (χ2v) is 5.21. The zero-order valence-electron chi connectivity index (χ0n) is 12.6. The molecule has 0 spiro atoms. The minimum absolute atomic E-state index is 0.0649. The normalized spacial score (nSPS) is 14.6. The number of nitrogens with one attached hydrogen (secondary N) is 1. The van der Waals surface area contributed by atoms with Crippen molar-refractivity contribution < 1.29 is 23.2 Å². The molecule has 1 saturated heterocycles. The molecule has 1 fully saturated rings. The summed E-state index contributed by atoms with van der Waals surface area (Å²) in [6, 6.07) is 3.21. The van der Waals surface area contributed by atoms with Gasteiger partial charge < -0.3 is 15.1 Å². The number of amides is 3. The van der Waals surface area contributed by atoms with Gasteiger partial charge >= 0.3 is 0 Å². The van der Waals surface area contributed by atoms with E-state index in [4.69, 9.17) is 0 Å². The third kappa shape index (κ3) is 4.24. The van der Waals surface area contributed by atoms with Crippen LogP contribution in [0.15, 0.2) is 18.2 Å². The van der Waals surface area contributed by atoms with Gasteiger partial charge in [0.05, 0.1) is 0 Å². The van der Waals surface area contributed by atoms with Crippen LogP contribution >= 0.6 is 0 Å². The maximum Gasteiger partial charge on any atom is 0.233 e. The van der Waals surface area contributed by atoms with Gasteiger partial charge in [0.15, 0.2) is 0 Å². The molecule has 0 atom stereocenters. The van der Waals surface area contributed by atoms with Crippen LogP contribution < -0.4 is 5.32 Å². The first-order valence-corrected chi connectivity index (χ1v) is 7.15. The van der Waals surface area contributed by atoms with Crippen molar-refractivity contribution in [2.45, 2.75) is 13.3 Å². The van der Waals surface area contributed by atoms with Crippen LogP contribution in [0.4, 0.5) is 14.5 Å². The molecule has 2 rings (SSSR count). The van der Waals surface area contributed by atoms with E-state index in [-0.39, 0.29) is 5.91 Å². The highest BCUT2D eigenvalue weighted by atomic mass is 19.1. The molecular formula is C15H17F2N3O3. The molecule has 8 heteroatoms.